The van der Waals surface area contributed by atoms with E-state index in [-0.39, 0.29) is 24.2 Å². The molecule has 1 aromatic heterocycles. The smallest absolute Gasteiger partial charge is 0.317 e. The van der Waals surface area contributed by atoms with Gasteiger partial charge in [0.2, 0.25) is 0 Å². The maximum Gasteiger partial charge on any atom is 0.317 e. The number of amides is 2. The lowest BCUT2D eigenvalue weighted by molar-refractivity contribution is 0.189. The highest BCUT2D eigenvalue weighted by Gasteiger charge is 2.24. The summed E-state index contributed by atoms with van der Waals surface area (Å²) in [4.78, 5) is 33.3. The zero-order chi connectivity index (χ0) is 17.1. The average molecular weight is 328 g/mol. The fourth-order valence-electron chi connectivity index (χ4n) is 3.31. The number of aromatic amines is 1. The standard InChI is InChI=1S/C18H24N4O2/c1-12-7-3-5-9-14(12)20-18(24)22(2)11-16-19-15-10-6-4-8-13(15)17(23)21-16/h4,6,8,10,12,14H,3,5,7,9,11H2,1-2H3,(H,20,24)(H,19,21,23)/t12-,14+/m0/s1. The second kappa shape index (κ2) is 7.03. The normalized spacial score (nSPS) is 20.8. The summed E-state index contributed by atoms with van der Waals surface area (Å²) in [6.45, 7) is 2.46. The van der Waals surface area contributed by atoms with E-state index in [0.717, 1.165) is 12.8 Å². The molecule has 0 aliphatic heterocycles. The molecule has 128 valence electrons. The van der Waals surface area contributed by atoms with Crippen molar-refractivity contribution in [3.8, 4) is 0 Å². The van der Waals surface area contributed by atoms with Gasteiger partial charge in [-0.15, -0.1) is 0 Å². The molecule has 1 saturated carbocycles. The summed E-state index contributed by atoms with van der Waals surface area (Å²) in [6, 6.07) is 7.31. The van der Waals surface area contributed by atoms with Gasteiger partial charge in [0.25, 0.3) is 5.56 Å². The van der Waals surface area contributed by atoms with Gasteiger partial charge in [0.05, 0.1) is 17.4 Å². The number of benzene rings is 1. The Hall–Kier alpha value is -2.37. The molecule has 6 heteroatoms. The maximum atomic E-state index is 12.4. The number of nitrogens with zero attached hydrogens (tertiary/aromatic N) is 2. The lowest BCUT2D eigenvalue weighted by atomic mass is 9.86. The molecular formula is C18H24N4O2. The van der Waals surface area contributed by atoms with Gasteiger partial charge < -0.3 is 15.2 Å². The molecule has 0 saturated heterocycles. The largest absolute Gasteiger partial charge is 0.335 e. The van der Waals surface area contributed by atoms with Crippen molar-refractivity contribution in [1.82, 2.24) is 20.2 Å². The molecule has 0 bridgehead atoms. The van der Waals surface area contributed by atoms with Crippen molar-refractivity contribution in [1.29, 1.82) is 0 Å². The van der Waals surface area contributed by atoms with Crippen molar-refractivity contribution in [2.24, 2.45) is 5.92 Å². The van der Waals surface area contributed by atoms with Gasteiger partial charge in [-0.05, 0) is 30.9 Å². The van der Waals surface area contributed by atoms with Gasteiger partial charge >= 0.3 is 6.03 Å². The quantitative estimate of drug-likeness (QED) is 0.909. The van der Waals surface area contributed by atoms with Crippen LogP contribution in [0.15, 0.2) is 29.1 Å². The number of carbonyl (C=O) groups excluding carboxylic acids is 1. The van der Waals surface area contributed by atoms with Gasteiger partial charge in [0.1, 0.15) is 5.82 Å². The number of para-hydroxylation sites is 1. The van der Waals surface area contributed by atoms with Gasteiger partial charge in [0.15, 0.2) is 0 Å². The van der Waals surface area contributed by atoms with E-state index < -0.39 is 0 Å². The van der Waals surface area contributed by atoms with Crippen LogP contribution < -0.4 is 10.9 Å². The summed E-state index contributed by atoms with van der Waals surface area (Å²) in [6.07, 6.45) is 4.60. The number of nitrogens with one attached hydrogen (secondary N) is 2. The first-order valence-corrected chi connectivity index (χ1v) is 8.54. The first-order chi connectivity index (χ1) is 11.5. The Labute approximate surface area is 141 Å². The van der Waals surface area contributed by atoms with E-state index in [0.29, 0.717) is 22.6 Å². The number of hydrogen-bond donors (Lipinski definition) is 2. The monoisotopic (exact) mass is 328 g/mol. The molecule has 2 atom stereocenters. The molecule has 1 fully saturated rings. The number of carbonyl (C=O) groups is 1. The predicted molar refractivity (Wildman–Crippen MR) is 93.8 cm³/mol. The fourth-order valence-corrected chi connectivity index (χ4v) is 3.31. The van der Waals surface area contributed by atoms with Crippen molar-refractivity contribution < 1.29 is 4.79 Å². The van der Waals surface area contributed by atoms with Gasteiger partial charge in [-0.3, -0.25) is 4.79 Å². The Bertz CT molecular complexity index is 786. The topological polar surface area (TPSA) is 78.1 Å². The van der Waals surface area contributed by atoms with Crippen LogP contribution in [0.4, 0.5) is 4.79 Å². The van der Waals surface area contributed by atoms with Crippen LogP contribution in [0.5, 0.6) is 0 Å². The first kappa shape index (κ1) is 16.5. The molecule has 0 unspecified atom stereocenters. The van der Waals surface area contributed by atoms with E-state index >= 15 is 0 Å². The molecule has 1 aliphatic rings. The van der Waals surface area contributed by atoms with Crippen LogP contribution in [-0.2, 0) is 6.54 Å². The van der Waals surface area contributed by atoms with Crippen LogP contribution in [0.3, 0.4) is 0 Å². The molecule has 24 heavy (non-hydrogen) atoms. The highest BCUT2D eigenvalue weighted by atomic mass is 16.2. The Balaban J connectivity index is 1.68. The van der Waals surface area contributed by atoms with Crippen molar-refractivity contribution in [3.63, 3.8) is 0 Å². The van der Waals surface area contributed by atoms with Crippen molar-refractivity contribution in [2.75, 3.05) is 7.05 Å². The minimum Gasteiger partial charge on any atom is -0.335 e. The summed E-state index contributed by atoms with van der Waals surface area (Å²) in [5.41, 5.74) is 0.469. The van der Waals surface area contributed by atoms with Gasteiger partial charge in [-0.2, -0.15) is 0 Å². The van der Waals surface area contributed by atoms with Crippen molar-refractivity contribution in [3.05, 3.63) is 40.4 Å². The van der Waals surface area contributed by atoms with Crippen LogP contribution >= 0.6 is 0 Å². The second-order valence-electron chi connectivity index (χ2n) is 6.70. The third kappa shape index (κ3) is 3.58. The third-order valence-electron chi connectivity index (χ3n) is 4.82. The number of H-pyrrole nitrogens is 1. The zero-order valence-corrected chi connectivity index (χ0v) is 14.2. The number of urea groups is 1. The second-order valence-corrected chi connectivity index (χ2v) is 6.70. The highest BCUT2D eigenvalue weighted by Crippen LogP contribution is 2.23. The summed E-state index contributed by atoms with van der Waals surface area (Å²) in [5.74, 6) is 1.00. The van der Waals surface area contributed by atoms with Crippen LogP contribution in [0.1, 0.15) is 38.4 Å². The molecule has 1 heterocycles. The number of fused-ring (bicyclic) bond motifs is 1. The average Bonchev–Trinajstić information content (AvgIpc) is 2.57. The zero-order valence-electron chi connectivity index (χ0n) is 14.2. The van der Waals surface area contributed by atoms with Crippen LogP contribution in [-0.4, -0.2) is 34.0 Å². The Morgan fingerprint density at radius 2 is 2.08 bits per heavy atom. The third-order valence-corrected chi connectivity index (χ3v) is 4.82. The van der Waals surface area contributed by atoms with Gasteiger partial charge in [0, 0.05) is 13.1 Å². The van der Waals surface area contributed by atoms with Crippen LogP contribution in [0, 0.1) is 5.92 Å². The minimum atomic E-state index is -0.176. The molecule has 2 aromatic rings. The van der Waals surface area contributed by atoms with Gasteiger partial charge in [-0.1, -0.05) is 31.9 Å². The van der Waals surface area contributed by atoms with E-state index in [9.17, 15) is 9.59 Å². The van der Waals surface area contributed by atoms with Crippen LogP contribution in [0.25, 0.3) is 10.9 Å². The van der Waals surface area contributed by atoms with E-state index in [1.807, 2.05) is 12.1 Å². The molecule has 2 N–H and O–H groups in total. The fraction of sp³-hybridized carbons (Fsp3) is 0.500. The Morgan fingerprint density at radius 3 is 2.88 bits per heavy atom. The van der Waals surface area contributed by atoms with Gasteiger partial charge in [-0.25, -0.2) is 9.78 Å². The molecular weight excluding hydrogens is 304 g/mol. The van der Waals surface area contributed by atoms with Crippen molar-refractivity contribution in [2.45, 2.75) is 45.2 Å². The SMILES string of the molecule is C[C@H]1CCCC[C@H]1NC(=O)N(C)Cc1nc2ccccc2c(=O)[nH]1. The highest BCUT2D eigenvalue weighted by molar-refractivity contribution is 5.77. The molecule has 0 radical (unpaired) electrons. The predicted octanol–water partition coefficient (Wildman–Crippen LogP) is 2.64. The maximum absolute atomic E-state index is 12.4. The Kier molecular flexibility index (Phi) is 4.83. The summed E-state index contributed by atoms with van der Waals surface area (Å²) in [5, 5.41) is 3.67. The molecule has 3 rings (SSSR count). The van der Waals surface area contributed by atoms with E-state index in [2.05, 4.69) is 22.2 Å². The lowest BCUT2D eigenvalue weighted by Gasteiger charge is -2.31. The van der Waals surface area contributed by atoms with Crippen LogP contribution in [0.2, 0.25) is 0 Å². The van der Waals surface area contributed by atoms with E-state index in [1.54, 1.807) is 24.1 Å². The lowest BCUT2D eigenvalue weighted by Crippen LogP contribution is -2.46. The minimum absolute atomic E-state index is 0.121. The molecule has 0 spiro atoms. The number of rotatable bonds is 3. The summed E-state index contributed by atoms with van der Waals surface area (Å²) < 4.78 is 0. The molecule has 2 amide bonds. The number of aromatic nitrogens is 2. The first-order valence-electron chi connectivity index (χ1n) is 8.54. The Morgan fingerprint density at radius 1 is 1.33 bits per heavy atom. The van der Waals surface area contributed by atoms with E-state index in [1.165, 1.54) is 12.8 Å². The van der Waals surface area contributed by atoms with E-state index in [4.69, 9.17) is 0 Å². The molecule has 6 nitrogen and oxygen atoms in total. The molecule has 1 aliphatic carbocycles. The number of hydrogen-bond acceptors (Lipinski definition) is 3. The van der Waals surface area contributed by atoms with Crippen molar-refractivity contribution >= 4 is 16.9 Å². The summed E-state index contributed by atoms with van der Waals surface area (Å²) in [7, 11) is 1.72. The molecule has 1 aromatic carbocycles. The summed E-state index contributed by atoms with van der Waals surface area (Å²) >= 11 is 0.